The van der Waals surface area contributed by atoms with E-state index in [4.69, 9.17) is 14.9 Å². The van der Waals surface area contributed by atoms with E-state index in [0.717, 1.165) is 11.1 Å². The standard InChI is InChI=1S/C29H32N6O6/c1-29(2,3)41-28(39)34-24(30)20-11-9-18(10-12-20)15-32-25(36)22-13-14-23-31-16-21(26(37)35(22)23)33-27(38)40-17-19-7-5-4-6-8-19/h4-12,16,22H,13-15,17H2,1-3H3,(H,32,36)(H,33,38)(H2,30,34,39)/t22-/m0/s1. The number of fused-ring (bicyclic) bond motifs is 1. The number of carbonyl (C=O) groups is 3. The Bertz CT molecular complexity index is 1490. The SMILES string of the molecule is CC(C)(C)OC(=O)NC(=N)c1ccc(CNC(=O)[C@@H]2CCc3ncc(NC(=O)OCc4ccccc4)c(=O)n32)cc1. The topological polar surface area (TPSA) is 164 Å². The summed E-state index contributed by atoms with van der Waals surface area (Å²) in [6, 6.07) is 15.1. The third-order valence-corrected chi connectivity index (χ3v) is 6.11. The molecule has 0 bridgehead atoms. The molecule has 12 nitrogen and oxygen atoms in total. The van der Waals surface area contributed by atoms with Crippen molar-refractivity contribution in [2.45, 2.75) is 58.4 Å². The van der Waals surface area contributed by atoms with Crippen molar-refractivity contribution >= 4 is 29.6 Å². The summed E-state index contributed by atoms with van der Waals surface area (Å²) in [5, 5.41) is 15.7. The second kappa shape index (κ2) is 12.5. The third-order valence-electron chi connectivity index (χ3n) is 6.11. The minimum atomic E-state index is -0.801. The van der Waals surface area contributed by atoms with Crippen LogP contribution < -0.4 is 21.5 Å². The van der Waals surface area contributed by atoms with Gasteiger partial charge in [-0.15, -0.1) is 0 Å². The molecule has 0 unspecified atom stereocenters. The van der Waals surface area contributed by atoms with Crippen LogP contribution in [0.1, 0.15) is 55.7 Å². The van der Waals surface area contributed by atoms with Gasteiger partial charge < -0.3 is 14.8 Å². The molecule has 0 aliphatic carbocycles. The van der Waals surface area contributed by atoms with E-state index in [1.165, 1.54) is 10.8 Å². The van der Waals surface area contributed by atoms with Gasteiger partial charge in [-0.2, -0.15) is 0 Å². The Labute approximate surface area is 236 Å². The Morgan fingerprint density at radius 2 is 1.73 bits per heavy atom. The molecule has 3 aromatic rings. The van der Waals surface area contributed by atoms with Gasteiger partial charge in [-0.25, -0.2) is 14.6 Å². The number of amidine groups is 1. The number of benzene rings is 2. The molecule has 0 spiro atoms. The number of hydrogen-bond acceptors (Lipinski definition) is 8. The van der Waals surface area contributed by atoms with Gasteiger partial charge in [0, 0.05) is 18.5 Å². The summed E-state index contributed by atoms with van der Waals surface area (Å²) in [5.41, 5.74) is 0.728. The average Bonchev–Trinajstić information content (AvgIpc) is 3.37. The molecule has 4 N–H and O–H groups in total. The molecule has 1 aliphatic rings. The number of anilines is 1. The number of aryl methyl sites for hydroxylation is 1. The van der Waals surface area contributed by atoms with Crippen LogP contribution in [0.2, 0.25) is 0 Å². The van der Waals surface area contributed by atoms with Gasteiger partial charge in [0.2, 0.25) is 5.91 Å². The highest BCUT2D eigenvalue weighted by Crippen LogP contribution is 2.23. The molecule has 1 atom stereocenters. The maximum Gasteiger partial charge on any atom is 0.413 e. The highest BCUT2D eigenvalue weighted by molar-refractivity contribution is 6.04. The van der Waals surface area contributed by atoms with Gasteiger partial charge in [0.05, 0.1) is 6.20 Å². The van der Waals surface area contributed by atoms with E-state index in [9.17, 15) is 19.2 Å². The molecule has 3 amide bonds. The van der Waals surface area contributed by atoms with E-state index in [1.807, 2.05) is 30.3 Å². The number of alkyl carbamates (subject to hydrolysis) is 1. The van der Waals surface area contributed by atoms with Gasteiger partial charge in [0.1, 0.15) is 35.6 Å². The van der Waals surface area contributed by atoms with Crippen LogP contribution in [0.5, 0.6) is 0 Å². The highest BCUT2D eigenvalue weighted by Gasteiger charge is 2.31. The Morgan fingerprint density at radius 3 is 2.41 bits per heavy atom. The Morgan fingerprint density at radius 1 is 1.02 bits per heavy atom. The van der Waals surface area contributed by atoms with Crippen LogP contribution in [0.4, 0.5) is 15.3 Å². The van der Waals surface area contributed by atoms with Gasteiger partial charge in [0.15, 0.2) is 0 Å². The normalized spacial score (nSPS) is 14.0. The minimum Gasteiger partial charge on any atom is -0.444 e. The van der Waals surface area contributed by atoms with Crippen molar-refractivity contribution in [3.8, 4) is 0 Å². The lowest BCUT2D eigenvalue weighted by Gasteiger charge is -2.19. The number of amides is 3. The van der Waals surface area contributed by atoms with Crippen molar-refractivity contribution in [3.63, 3.8) is 0 Å². The quantitative estimate of drug-likeness (QED) is 0.253. The van der Waals surface area contributed by atoms with Crippen molar-refractivity contribution in [1.82, 2.24) is 20.2 Å². The predicted octanol–water partition coefficient (Wildman–Crippen LogP) is 3.65. The van der Waals surface area contributed by atoms with Crippen LogP contribution in [-0.2, 0) is 33.8 Å². The number of carbonyl (C=O) groups excluding carboxylic acids is 3. The maximum atomic E-state index is 13.1. The summed E-state index contributed by atoms with van der Waals surface area (Å²) in [6.07, 6.45) is 0.582. The average molecular weight is 561 g/mol. The van der Waals surface area contributed by atoms with Crippen LogP contribution in [0, 0.1) is 5.41 Å². The first kappa shape index (κ1) is 29.0. The van der Waals surface area contributed by atoms with Gasteiger partial charge in [-0.3, -0.25) is 30.2 Å². The van der Waals surface area contributed by atoms with E-state index >= 15 is 0 Å². The summed E-state index contributed by atoms with van der Waals surface area (Å²) in [5.74, 6) is -0.0174. The van der Waals surface area contributed by atoms with E-state index in [-0.39, 0.29) is 30.6 Å². The summed E-state index contributed by atoms with van der Waals surface area (Å²) < 4.78 is 11.6. The molecule has 0 saturated heterocycles. The number of nitrogens with one attached hydrogen (secondary N) is 4. The smallest absolute Gasteiger partial charge is 0.413 e. The number of nitrogens with zero attached hydrogens (tertiary/aromatic N) is 2. The molecule has 0 radical (unpaired) electrons. The van der Waals surface area contributed by atoms with E-state index < -0.39 is 29.4 Å². The first-order chi connectivity index (χ1) is 19.5. The zero-order chi connectivity index (χ0) is 29.6. The predicted molar refractivity (Wildman–Crippen MR) is 151 cm³/mol. The van der Waals surface area contributed by atoms with Crippen molar-refractivity contribution in [1.29, 1.82) is 5.41 Å². The first-order valence-corrected chi connectivity index (χ1v) is 13.0. The van der Waals surface area contributed by atoms with Crippen molar-refractivity contribution in [2.24, 2.45) is 0 Å². The number of hydrogen-bond donors (Lipinski definition) is 4. The molecule has 12 heteroatoms. The third kappa shape index (κ3) is 7.78. The minimum absolute atomic E-state index is 0.0414. The van der Waals surface area contributed by atoms with Gasteiger partial charge >= 0.3 is 12.2 Å². The monoisotopic (exact) mass is 560 g/mol. The van der Waals surface area contributed by atoms with Crippen LogP contribution in [0.3, 0.4) is 0 Å². The number of rotatable bonds is 7. The molecule has 2 heterocycles. The fourth-order valence-electron chi connectivity index (χ4n) is 4.18. The van der Waals surface area contributed by atoms with Crippen molar-refractivity contribution < 1.29 is 23.9 Å². The molecule has 4 rings (SSSR count). The van der Waals surface area contributed by atoms with Gasteiger partial charge in [-0.05, 0) is 38.3 Å². The molecular formula is C29H32N6O6. The Hall–Kier alpha value is -5.00. The molecule has 2 aromatic carbocycles. The zero-order valence-electron chi connectivity index (χ0n) is 23.0. The van der Waals surface area contributed by atoms with Gasteiger partial charge in [-0.1, -0.05) is 54.6 Å². The fraction of sp³-hybridized carbons (Fsp3) is 0.310. The lowest BCUT2D eigenvalue weighted by Crippen LogP contribution is -2.37. The summed E-state index contributed by atoms with van der Waals surface area (Å²) in [4.78, 5) is 54.6. The molecule has 0 saturated carbocycles. The fourth-order valence-corrected chi connectivity index (χ4v) is 4.18. The van der Waals surface area contributed by atoms with Crippen LogP contribution >= 0.6 is 0 Å². The summed E-state index contributed by atoms with van der Waals surface area (Å²) in [7, 11) is 0. The largest absolute Gasteiger partial charge is 0.444 e. The summed E-state index contributed by atoms with van der Waals surface area (Å²) in [6.45, 7) is 5.42. The van der Waals surface area contributed by atoms with E-state index in [1.54, 1.807) is 45.0 Å². The Balaban J connectivity index is 1.33. The van der Waals surface area contributed by atoms with E-state index in [2.05, 4.69) is 20.9 Å². The van der Waals surface area contributed by atoms with Gasteiger partial charge in [0.25, 0.3) is 5.56 Å². The molecule has 1 aromatic heterocycles. The second-order valence-electron chi connectivity index (χ2n) is 10.4. The maximum absolute atomic E-state index is 13.1. The summed E-state index contributed by atoms with van der Waals surface area (Å²) >= 11 is 0. The van der Waals surface area contributed by atoms with E-state index in [0.29, 0.717) is 24.2 Å². The molecular weight excluding hydrogens is 528 g/mol. The first-order valence-electron chi connectivity index (χ1n) is 13.0. The molecule has 41 heavy (non-hydrogen) atoms. The zero-order valence-corrected chi connectivity index (χ0v) is 23.0. The van der Waals surface area contributed by atoms with Crippen LogP contribution in [0.25, 0.3) is 0 Å². The van der Waals surface area contributed by atoms with Crippen molar-refractivity contribution in [2.75, 3.05) is 5.32 Å². The lowest BCUT2D eigenvalue weighted by atomic mass is 10.1. The molecule has 214 valence electrons. The second-order valence-corrected chi connectivity index (χ2v) is 10.4. The van der Waals surface area contributed by atoms with Crippen LogP contribution in [0.15, 0.2) is 65.6 Å². The van der Waals surface area contributed by atoms with Crippen LogP contribution in [-0.4, -0.2) is 39.1 Å². The molecule has 0 fully saturated rings. The molecule has 1 aliphatic heterocycles. The number of ether oxygens (including phenoxy) is 2. The van der Waals surface area contributed by atoms with Crippen molar-refractivity contribution in [3.05, 3.63) is 93.7 Å². The highest BCUT2D eigenvalue weighted by atomic mass is 16.6. The lowest BCUT2D eigenvalue weighted by molar-refractivity contribution is -0.124. The number of aromatic nitrogens is 2. The Kier molecular flexibility index (Phi) is 8.81.